The second-order valence-electron chi connectivity index (χ2n) is 14.9. The summed E-state index contributed by atoms with van der Waals surface area (Å²) in [6.45, 7) is 18.6. The van der Waals surface area contributed by atoms with Crippen LogP contribution in [0.15, 0.2) is 127 Å². The molecule has 0 bridgehead atoms. The van der Waals surface area contributed by atoms with E-state index in [-0.39, 0.29) is 0 Å². The van der Waals surface area contributed by atoms with Crippen LogP contribution in [-0.4, -0.2) is 9.13 Å². The minimum absolute atomic E-state index is 0.442. The van der Waals surface area contributed by atoms with Crippen LogP contribution < -0.4 is 0 Å². The Labute approximate surface area is 317 Å². The smallest absolute Gasteiger partial charge is 0.310 e. The number of aryl methyl sites for hydroxylation is 5. The average Bonchev–Trinajstić information content (AvgIpc) is 3.64. The monoisotopic (exact) mass is 723 g/mol. The highest BCUT2D eigenvalue weighted by molar-refractivity contribution is 6.12. The lowest BCUT2D eigenvalue weighted by atomic mass is 9.93. The third-order valence-corrected chi connectivity index (χ3v) is 10.8. The first-order chi connectivity index (χ1) is 26.4. The van der Waals surface area contributed by atoms with Crippen molar-refractivity contribution < 1.29 is 13.2 Å². The van der Waals surface area contributed by atoms with Gasteiger partial charge in [0.1, 0.15) is 0 Å². The van der Waals surface area contributed by atoms with E-state index in [0.29, 0.717) is 27.9 Å². The average molecular weight is 724 g/mol. The Morgan fingerprint density at radius 1 is 0.473 bits per heavy atom. The Bertz CT molecular complexity index is 2980. The second kappa shape index (κ2) is 12.5. The molecule has 0 saturated carbocycles. The molecule has 7 aromatic carbocycles. The quantitative estimate of drug-likeness (QED) is 0.161. The van der Waals surface area contributed by atoms with Crippen LogP contribution in [0.4, 0.5) is 18.9 Å². The lowest BCUT2D eigenvalue weighted by molar-refractivity contribution is -0.137. The number of hydrogen-bond acceptors (Lipinski definition) is 0. The summed E-state index contributed by atoms with van der Waals surface area (Å²) in [5.74, 6) is 0. The molecule has 55 heavy (non-hydrogen) atoms. The zero-order valence-corrected chi connectivity index (χ0v) is 31.1. The van der Waals surface area contributed by atoms with Gasteiger partial charge in [0.15, 0.2) is 5.69 Å². The third kappa shape index (κ3) is 5.58. The Morgan fingerprint density at radius 3 is 1.44 bits per heavy atom. The van der Waals surface area contributed by atoms with Crippen LogP contribution in [0, 0.1) is 41.2 Å². The summed E-state index contributed by atoms with van der Waals surface area (Å²) in [6, 6.07) is 41.6. The van der Waals surface area contributed by atoms with Crippen LogP contribution in [0.2, 0.25) is 0 Å². The van der Waals surface area contributed by atoms with Crippen LogP contribution in [0.5, 0.6) is 0 Å². The number of fused-ring (bicyclic) bond motifs is 6. The van der Waals surface area contributed by atoms with E-state index in [9.17, 15) is 13.2 Å². The summed E-state index contributed by atoms with van der Waals surface area (Å²) in [7, 11) is 0. The van der Waals surface area contributed by atoms with Gasteiger partial charge in [-0.2, -0.15) is 13.2 Å². The molecular weight excluding hydrogens is 688 g/mol. The van der Waals surface area contributed by atoms with Crippen molar-refractivity contribution >= 4 is 49.3 Å². The predicted octanol–water partition coefficient (Wildman–Crippen LogP) is 14.3. The van der Waals surface area contributed by atoms with Gasteiger partial charge in [-0.1, -0.05) is 70.8 Å². The van der Waals surface area contributed by atoms with Crippen molar-refractivity contribution in [2.75, 3.05) is 0 Å². The van der Waals surface area contributed by atoms with Crippen molar-refractivity contribution in [2.45, 2.75) is 40.8 Å². The van der Waals surface area contributed by atoms with E-state index in [4.69, 9.17) is 6.57 Å². The fourth-order valence-corrected chi connectivity index (χ4v) is 8.33. The van der Waals surface area contributed by atoms with E-state index in [0.717, 1.165) is 82.8 Å². The molecule has 0 atom stereocenters. The van der Waals surface area contributed by atoms with E-state index in [1.807, 2.05) is 36.4 Å². The van der Waals surface area contributed by atoms with Gasteiger partial charge in [-0.05, 0) is 136 Å². The molecule has 2 aromatic heterocycles. The first-order valence-corrected chi connectivity index (χ1v) is 18.3. The van der Waals surface area contributed by atoms with Gasteiger partial charge in [0.2, 0.25) is 0 Å². The summed E-state index contributed by atoms with van der Waals surface area (Å²) in [4.78, 5) is 4.12. The van der Waals surface area contributed by atoms with Gasteiger partial charge >= 0.3 is 6.18 Å². The number of benzene rings is 7. The number of hydrogen-bond donors (Lipinski definition) is 0. The molecule has 0 radical (unpaired) electrons. The molecule has 0 spiro atoms. The molecule has 3 nitrogen and oxygen atoms in total. The molecular formula is C49H36F3N3. The number of nitrogens with zero attached hydrogens (tertiary/aromatic N) is 3. The first-order valence-electron chi connectivity index (χ1n) is 18.3. The lowest BCUT2D eigenvalue weighted by Crippen LogP contribution is -2.05. The maximum atomic E-state index is 14.2. The fraction of sp³-hybridized carbons (Fsp3) is 0.122. The van der Waals surface area contributed by atoms with Crippen molar-refractivity contribution in [3.05, 3.63) is 172 Å². The number of rotatable bonds is 4. The maximum Gasteiger partial charge on any atom is 0.416 e. The van der Waals surface area contributed by atoms with Gasteiger partial charge in [-0.25, -0.2) is 4.85 Å². The van der Waals surface area contributed by atoms with E-state index in [2.05, 4.69) is 114 Å². The summed E-state index contributed by atoms with van der Waals surface area (Å²) in [5, 5.41) is 4.43. The van der Waals surface area contributed by atoms with Crippen LogP contribution in [-0.2, 0) is 6.18 Å². The van der Waals surface area contributed by atoms with Crippen molar-refractivity contribution in [3.8, 4) is 33.6 Å². The predicted molar refractivity (Wildman–Crippen MR) is 221 cm³/mol. The molecule has 0 aliphatic heterocycles. The van der Waals surface area contributed by atoms with E-state index < -0.39 is 11.7 Å². The standard InChI is InChI=1S/C49H36F3N3/c1-28-10-15-42-36(22-28)37-23-29(2)11-16-43(37)54(42)46-19-14-33(34-20-32(5)21-35(26-34)49(50,51)52)27-40(46)48-41(53-6)8-7-9-47(48)55-44-17-12-30(3)24-38(44)39-25-31(4)13-18-45(39)55/h7-27H,1-5H3. The molecule has 0 N–H and O–H groups in total. The molecule has 9 rings (SSSR count). The number of alkyl halides is 3. The molecule has 268 valence electrons. The van der Waals surface area contributed by atoms with Gasteiger partial charge in [-0.15, -0.1) is 0 Å². The van der Waals surface area contributed by atoms with Crippen LogP contribution in [0.1, 0.15) is 33.4 Å². The van der Waals surface area contributed by atoms with Crippen molar-refractivity contribution in [1.82, 2.24) is 9.13 Å². The van der Waals surface area contributed by atoms with E-state index in [1.165, 1.54) is 12.1 Å². The van der Waals surface area contributed by atoms with Crippen molar-refractivity contribution in [2.24, 2.45) is 0 Å². The van der Waals surface area contributed by atoms with Crippen LogP contribution in [0.25, 0.3) is 82.1 Å². The molecule has 2 heterocycles. The normalized spacial score (nSPS) is 12.0. The minimum atomic E-state index is -4.50. The fourth-order valence-electron chi connectivity index (χ4n) is 8.33. The Kier molecular flexibility index (Phi) is 7.77. The molecule has 0 aliphatic carbocycles. The summed E-state index contributed by atoms with van der Waals surface area (Å²) >= 11 is 0. The highest BCUT2D eigenvalue weighted by Gasteiger charge is 2.31. The van der Waals surface area contributed by atoms with Gasteiger partial charge in [0, 0.05) is 32.8 Å². The zero-order chi connectivity index (χ0) is 38.3. The molecule has 9 aromatic rings. The number of aromatic nitrogens is 2. The largest absolute Gasteiger partial charge is 0.416 e. The Balaban J connectivity index is 1.44. The number of halogens is 3. The summed E-state index contributed by atoms with van der Waals surface area (Å²) in [5.41, 5.74) is 13.0. The molecule has 0 saturated heterocycles. The van der Waals surface area contributed by atoms with E-state index >= 15 is 0 Å². The van der Waals surface area contributed by atoms with Gasteiger partial charge < -0.3 is 9.13 Å². The lowest BCUT2D eigenvalue weighted by Gasteiger charge is -2.21. The minimum Gasteiger partial charge on any atom is -0.310 e. The zero-order valence-electron chi connectivity index (χ0n) is 31.1. The Morgan fingerprint density at radius 2 is 0.964 bits per heavy atom. The van der Waals surface area contributed by atoms with Gasteiger partial charge in [0.05, 0.1) is 39.9 Å². The van der Waals surface area contributed by atoms with Crippen LogP contribution >= 0.6 is 0 Å². The molecule has 0 fully saturated rings. The topological polar surface area (TPSA) is 14.2 Å². The van der Waals surface area contributed by atoms with E-state index in [1.54, 1.807) is 13.0 Å². The van der Waals surface area contributed by atoms with Gasteiger partial charge in [0.25, 0.3) is 0 Å². The highest BCUT2D eigenvalue weighted by Crippen LogP contribution is 2.46. The van der Waals surface area contributed by atoms with Crippen molar-refractivity contribution in [3.63, 3.8) is 0 Å². The van der Waals surface area contributed by atoms with Gasteiger partial charge in [-0.3, -0.25) is 0 Å². The maximum absolute atomic E-state index is 14.2. The van der Waals surface area contributed by atoms with Crippen LogP contribution in [0.3, 0.4) is 0 Å². The molecule has 0 aliphatic rings. The highest BCUT2D eigenvalue weighted by atomic mass is 19.4. The SMILES string of the molecule is [C-]#[N+]c1cccc(-n2c3ccc(C)cc3c3cc(C)ccc32)c1-c1cc(-c2cc(C)cc(C(F)(F)F)c2)ccc1-n1c2ccc(C)cc2c2cc(C)ccc21. The molecule has 0 amide bonds. The summed E-state index contributed by atoms with van der Waals surface area (Å²) in [6.07, 6.45) is -4.50. The third-order valence-electron chi connectivity index (χ3n) is 10.8. The second-order valence-corrected chi connectivity index (χ2v) is 14.9. The molecule has 0 unspecified atom stereocenters. The molecule has 6 heteroatoms. The Hall–Kier alpha value is -6.58. The van der Waals surface area contributed by atoms with Crippen molar-refractivity contribution in [1.29, 1.82) is 0 Å². The summed E-state index contributed by atoms with van der Waals surface area (Å²) < 4.78 is 47.0. The first kappa shape index (κ1) is 34.2.